The third-order valence-electron chi connectivity index (χ3n) is 5.39. The summed E-state index contributed by atoms with van der Waals surface area (Å²) >= 11 is 0. The van der Waals surface area contributed by atoms with Crippen LogP contribution in [0.25, 0.3) is 10.9 Å². The molecule has 0 aliphatic carbocycles. The van der Waals surface area contributed by atoms with E-state index in [9.17, 15) is 18.8 Å². The number of halogens is 1. The molecule has 32 heavy (non-hydrogen) atoms. The van der Waals surface area contributed by atoms with Crippen molar-refractivity contribution in [1.82, 2.24) is 15.2 Å². The largest absolute Gasteiger partial charge is 0.361 e. The molecule has 1 aliphatic heterocycles. The number of H-pyrrole nitrogens is 1. The molecule has 1 saturated heterocycles. The molecular weight excluding hydrogens is 413 g/mol. The van der Waals surface area contributed by atoms with Gasteiger partial charge < -0.3 is 15.2 Å². The first kappa shape index (κ1) is 21.1. The molecule has 1 aromatic heterocycles. The second-order valence-electron chi connectivity index (χ2n) is 7.39. The van der Waals surface area contributed by atoms with Gasteiger partial charge in [0.25, 0.3) is 5.91 Å². The summed E-state index contributed by atoms with van der Waals surface area (Å²) in [5.74, 6) is -1.81. The number of nitrogens with one attached hydrogen (secondary N) is 2. The van der Waals surface area contributed by atoms with Crippen molar-refractivity contribution in [2.45, 2.75) is 18.9 Å². The number of hydrogen-bond donors (Lipinski definition) is 2. The first-order chi connectivity index (χ1) is 15.5. The minimum atomic E-state index is -0.810. The minimum Gasteiger partial charge on any atom is -0.361 e. The maximum Gasteiger partial charge on any atom is 0.325 e. The average Bonchev–Trinajstić information content (AvgIpc) is 3.31. The lowest BCUT2D eigenvalue weighted by Gasteiger charge is -2.24. The highest BCUT2D eigenvalue weighted by Gasteiger charge is 2.40. The number of carbonyl (C=O) groups excluding carboxylic acids is 3. The number of urea groups is 1. The number of benzene rings is 2. The van der Waals surface area contributed by atoms with Crippen molar-refractivity contribution in [1.29, 1.82) is 5.26 Å². The molecule has 0 radical (unpaired) electrons. The highest BCUT2D eigenvalue weighted by molar-refractivity contribution is 6.08. The van der Waals surface area contributed by atoms with Crippen LogP contribution >= 0.6 is 0 Å². The van der Waals surface area contributed by atoms with Gasteiger partial charge in [-0.3, -0.25) is 14.5 Å². The first-order valence-electron chi connectivity index (χ1n) is 10.1. The molecule has 8 nitrogen and oxygen atoms in total. The summed E-state index contributed by atoms with van der Waals surface area (Å²) in [6.07, 6.45) is 2.04. The highest BCUT2D eigenvalue weighted by atomic mass is 19.1. The van der Waals surface area contributed by atoms with E-state index in [1.807, 2.05) is 30.3 Å². The monoisotopic (exact) mass is 433 g/mol. The number of para-hydroxylation sites is 2. The van der Waals surface area contributed by atoms with Crippen molar-refractivity contribution in [3.8, 4) is 6.07 Å². The van der Waals surface area contributed by atoms with E-state index >= 15 is 0 Å². The number of aromatic amines is 1. The number of anilines is 1. The van der Waals surface area contributed by atoms with E-state index in [1.54, 1.807) is 12.3 Å². The van der Waals surface area contributed by atoms with E-state index in [0.29, 0.717) is 0 Å². The lowest BCUT2D eigenvalue weighted by atomic mass is 10.1. The summed E-state index contributed by atoms with van der Waals surface area (Å²) in [7, 11) is 0. The second kappa shape index (κ2) is 8.89. The molecular formula is C23H20FN5O3. The molecule has 162 valence electrons. The molecule has 3 aromatic rings. The van der Waals surface area contributed by atoms with Gasteiger partial charge in [0.05, 0.1) is 18.2 Å². The van der Waals surface area contributed by atoms with Crippen LogP contribution in [0.2, 0.25) is 0 Å². The number of rotatable bonds is 7. The molecule has 9 heteroatoms. The topological polar surface area (TPSA) is 109 Å². The van der Waals surface area contributed by atoms with Crippen LogP contribution in [0.4, 0.5) is 14.9 Å². The summed E-state index contributed by atoms with van der Waals surface area (Å²) in [5, 5.41) is 12.5. The third kappa shape index (κ3) is 4.03. The Morgan fingerprint density at radius 2 is 1.91 bits per heavy atom. The maximum absolute atomic E-state index is 14.3. The summed E-state index contributed by atoms with van der Waals surface area (Å²) in [6, 6.07) is 13.7. The Bertz CT molecular complexity index is 1230. The molecule has 0 saturated carbocycles. The Morgan fingerprint density at radius 3 is 2.69 bits per heavy atom. The summed E-state index contributed by atoms with van der Waals surface area (Å²) in [4.78, 5) is 43.3. The van der Waals surface area contributed by atoms with Gasteiger partial charge in [0, 0.05) is 30.1 Å². The quantitative estimate of drug-likeness (QED) is 0.559. The standard InChI is InChI=1S/C23H20FN5O3/c24-17-7-2-4-9-20(17)28(11-5-10-25)21(30)14-29-22(31)19(27-23(29)32)12-15-13-26-18-8-3-1-6-16(15)18/h1-4,6-9,13,19,26H,5,11-12,14H2,(H,27,32)/t19-/m1/s1. The summed E-state index contributed by atoms with van der Waals surface area (Å²) < 4.78 is 14.3. The number of nitriles is 1. The van der Waals surface area contributed by atoms with Gasteiger partial charge in [-0.05, 0) is 23.8 Å². The molecule has 0 unspecified atom stereocenters. The fourth-order valence-corrected chi connectivity index (χ4v) is 3.82. The van der Waals surface area contributed by atoms with Crippen LogP contribution in [0.1, 0.15) is 12.0 Å². The number of amides is 4. The van der Waals surface area contributed by atoms with Crippen LogP contribution in [0.3, 0.4) is 0 Å². The van der Waals surface area contributed by atoms with E-state index < -0.39 is 36.2 Å². The van der Waals surface area contributed by atoms with Crippen molar-refractivity contribution < 1.29 is 18.8 Å². The lowest BCUT2D eigenvalue weighted by Crippen LogP contribution is -2.44. The second-order valence-corrected chi connectivity index (χ2v) is 7.39. The third-order valence-corrected chi connectivity index (χ3v) is 5.39. The Kier molecular flexibility index (Phi) is 5.85. The zero-order valence-electron chi connectivity index (χ0n) is 17.0. The summed E-state index contributed by atoms with van der Waals surface area (Å²) in [6.45, 7) is -0.604. The number of nitrogens with zero attached hydrogens (tertiary/aromatic N) is 3. The molecule has 0 spiro atoms. The van der Waals surface area contributed by atoms with Crippen LogP contribution in [-0.4, -0.2) is 46.9 Å². The Labute approximate surface area is 183 Å². The van der Waals surface area contributed by atoms with Gasteiger partial charge in [0.15, 0.2) is 0 Å². The molecule has 4 amide bonds. The number of hydrogen-bond acceptors (Lipinski definition) is 4. The Balaban J connectivity index is 1.50. The van der Waals surface area contributed by atoms with Gasteiger partial charge in [-0.2, -0.15) is 5.26 Å². The highest BCUT2D eigenvalue weighted by Crippen LogP contribution is 2.22. The molecule has 2 heterocycles. The van der Waals surface area contributed by atoms with Gasteiger partial charge in [-0.25, -0.2) is 9.18 Å². The van der Waals surface area contributed by atoms with Crippen LogP contribution in [0, 0.1) is 17.1 Å². The summed E-state index contributed by atoms with van der Waals surface area (Å²) in [5.41, 5.74) is 1.79. The number of aromatic nitrogens is 1. The predicted molar refractivity (Wildman–Crippen MR) is 115 cm³/mol. The fraction of sp³-hybridized carbons (Fsp3) is 0.217. The molecule has 4 rings (SSSR count). The fourth-order valence-electron chi connectivity index (χ4n) is 3.82. The smallest absolute Gasteiger partial charge is 0.325 e. The van der Waals surface area contributed by atoms with Gasteiger partial charge >= 0.3 is 6.03 Å². The Hall–Kier alpha value is -4.19. The van der Waals surface area contributed by atoms with Gasteiger partial charge in [-0.15, -0.1) is 0 Å². The minimum absolute atomic E-state index is 0.00449. The SMILES string of the molecule is N#CCCN(C(=O)CN1C(=O)N[C@H](Cc2c[nH]c3ccccc23)C1=O)c1ccccc1F. The molecule has 0 bridgehead atoms. The number of imide groups is 1. The van der Waals surface area contributed by atoms with Crippen molar-refractivity contribution in [3.63, 3.8) is 0 Å². The molecule has 1 aliphatic rings. The maximum atomic E-state index is 14.3. The van der Waals surface area contributed by atoms with Gasteiger partial charge in [-0.1, -0.05) is 30.3 Å². The number of carbonyl (C=O) groups is 3. The van der Waals surface area contributed by atoms with Gasteiger partial charge in [0.2, 0.25) is 5.91 Å². The van der Waals surface area contributed by atoms with Crippen LogP contribution < -0.4 is 10.2 Å². The predicted octanol–water partition coefficient (Wildman–Crippen LogP) is 2.72. The van der Waals surface area contributed by atoms with E-state index in [1.165, 1.54) is 18.2 Å². The van der Waals surface area contributed by atoms with E-state index in [-0.39, 0.29) is 25.1 Å². The number of fused-ring (bicyclic) bond motifs is 1. The van der Waals surface area contributed by atoms with E-state index in [0.717, 1.165) is 26.3 Å². The van der Waals surface area contributed by atoms with Crippen molar-refractivity contribution in [2.75, 3.05) is 18.0 Å². The zero-order chi connectivity index (χ0) is 22.7. The van der Waals surface area contributed by atoms with Gasteiger partial charge in [0.1, 0.15) is 18.4 Å². The zero-order valence-corrected chi connectivity index (χ0v) is 17.0. The Morgan fingerprint density at radius 1 is 1.16 bits per heavy atom. The van der Waals surface area contributed by atoms with Crippen LogP contribution in [-0.2, 0) is 16.0 Å². The molecule has 2 aromatic carbocycles. The molecule has 2 N–H and O–H groups in total. The first-order valence-corrected chi connectivity index (χ1v) is 10.1. The van der Waals surface area contributed by atoms with Crippen molar-refractivity contribution in [3.05, 3.63) is 66.1 Å². The normalized spacial score (nSPS) is 15.6. The van der Waals surface area contributed by atoms with E-state index in [4.69, 9.17) is 5.26 Å². The van der Waals surface area contributed by atoms with Crippen LogP contribution in [0.5, 0.6) is 0 Å². The van der Waals surface area contributed by atoms with Crippen molar-refractivity contribution in [2.24, 2.45) is 0 Å². The molecule has 1 atom stereocenters. The molecule has 1 fully saturated rings. The average molecular weight is 433 g/mol. The van der Waals surface area contributed by atoms with Crippen molar-refractivity contribution >= 4 is 34.4 Å². The van der Waals surface area contributed by atoms with E-state index in [2.05, 4.69) is 10.3 Å². The lowest BCUT2D eigenvalue weighted by molar-refractivity contribution is -0.131. The van der Waals surface area contributed by atoms with Crippen LogP contribution in [0.15, 0.2) is 54.7 Å².